The van der Waals surface area contributed by atoms with Crippen LogP contribution in [0.5, 0.6) is 0 Å². The normalized spacial score (nSPS) is 12.7. The van der Waals surface area contributed by atoms with Crippen molar-refractivity contribution in [2.75, 3.05) is 0 Å². The summed E-state index contributed by atoms with van der Waals surface area (Å²) in [4.78, 5) is 1.43. The van der Waals surface area contributed by atoms with Crippen molar-refractivity contribution in [3.8, 4) is 0 Å². The van der Waals surface area contributed by atoms with Crippen LogP contribution in [0, 0.1) is 0 Å². The summed E-state index contributed by atoms with van der Waals surface area (Å²) in [6, 6.07) is 10.0. The molecule has 1 unspecified atom stereocenters. The summed E-state index contributed by atoms with van der Waals surface area (Å²) in [5, 5.41) is 2.85. The molecule has 15 heavy (non-hydrogen) atoms. The highest BCUT2D eigenvalue weighted by atomic mass is 79.9. The number of hydrogen-bond acceptors (Lipinski definition) is 1. The van der Waals surface area contributed by atoms with E-state index in [4.69, 9.17) is 11.6 Å². The van der Waals surface area contributed by atoms with Crippen LogP contribution < -0.4 is 0 Å². The third-order valence-electron chi connectivity index (χ3n) is 2.02. The first kappa shape index (κ1) is 11.6. The highest BCUT2D eigenvalue weighted by molar-refractivity contribution is 9.10. The number of thiophene rings is 1. The Morgan fingerprint density at radius 2 is 2.07 bits per heavy atom. The van der Waals surface area contributed by atoms with Crippen LogP contribution in [0.25, 0.3) is 0 Å². The molecule has 1 aromatic carbocycles. The van der Waals surface area contributed by atoms with Crippen LogP contribution in [0.1, 0.15) is 15.3 Å². The maximum absolute atomic E-state index is 6.16. The lowest BCUT2D eigenvalue weighted by Gasteiger charge is -2.10. The van der Waals surface area contributed by atoms with Crippen LogP contribution in [-0.2, 0) is 0 Å². The Hall–Kier alpha value is 0.170. The van der Waals surface area contributed by atoms with Crippen LogP contribution in [0.15, 0.2) is 40.2 Å². The second kappa shape index (κ2) is 5.00. The van der Waals surface area contributed by atoms with Gasteiger partial charge in [-0.3, -0.25) is 0 Å². The smallest absolute Gasteiger partial charge is 0.0752 e. The average Bonchev–Trinajstić information content (AvgIpc) is 2.74. The Morgan fingerprint density at radius 3 is 2.73 bits per heavy atom. The average molecular weight is 367 g/mol. The molecule has 0 amide bonds. The van der Waals surface area contributed by atoms with Gasteiger partial charge in [0.25, 0.3) is 0 Å². The number of rotatable bonds is 2. The van der Waals surface area contributed by atoms with E-state index in [2.05, 4.69) is 43.3 Å². The summed E-state index contributed by atoms with van der Waals surface area (Å²) >= 11 is 15.0. The third-order valence-corrected chi connectivity index (χ3v) is 5.09. The molecule has 0 spiro atoms. The van der Waals surface area contributed by atoms with Crippen molar-refractivity contribution in [2.24, 2.45) is 0 Å². The van der Waals surface area contributed by atoms with Gasteiger partial charge in [-0.1, -0.05) is 49.5 Å². The minimum atomic E-state index is 0.169. The topological polar surface area (TPSA) is 0 Å². The molecule has 2 aromatic rings. The maximum atomic E-state index is 6.16. The van der Waals surface area contributed by atoms with Gasteiger partial charge >= 0.3 is 0 Å². The standard InChI is InChI=1S/C11H7Br2ClS/c12-7-3-4-9(14)8(6-7)11(13)10-2-1-5-15-10/h1-6,11H. The van der Waals surface area contributed by atoms with Crippen LogP contribution in [0.3, 0.4) is 0 Å². The zero-order valence-corrected chi connectivity index (χ0v) is 12.3. The van der Waals surface area contributed by atoms with Gasteiger partial charge in [-0.05, 0) is 35.2 Å². The Balaban J connectivity index is 2.41. The van der Waals surface area contributed by atoms with Gasteiger partial charge in [0.15, 0.2) is 0 Å². The lowest BCUT2D eigenvalue weighted by molar-refractivity contribution is 1.22. The first-order chi connectivity index (χ1) is 7.18. The first-order valence-electron chi connectivity index (χ1n) is 4.31. The van der Waals surface area contributed by atoms with Crippen LogP contribution in [0.4, 0.5) is 0 Å². The molecule has 0 N–H and O–H groups in total. The summed E-state index contributed by atoms with van der Waals surface area (Å²) in [7, 11) is 0. The zero-order chi connectivity index (χ0) is 10.8. The minimum absolute atomic E-state index is 0.169. The van der Waals surface area contributed by atoms with E-state index in [0.29, 0.717) is 0 Å². The number of halogens is 3. The minimum Gasteiger partial charge on any atom is -0.147 e. The molecule has 0 saturated carbocycles. The molecule has 1 atom stereocenters. The van der Waals surface area contributed by atoms with Gasteiger partial charge in [0, 0.05) is 14.4 Å². The summed E-state index contributed by atoms with van der Waals surface area (Å²) < 4.78 is 1.04. The second-order valence-corrected chi connectivity index (χ2v) is 6.26. The fourth-order valence-corrected chi connectivity index (χ4v) is 3.61. The van der Waals surface area contributed by atoms with Crippen molar-refractivity contribution in [1.29, 1.82) is 0 Å². The summed E-state index contributed by atoms with van der Waals surface area (Å²) in [6.45, 7) is 0. The molecule has 0 aliphatic rings. The van der Waals surface area contributed by atoms with E-state index < -0.39 is 0 Å². The SMILES string of the molecule is Clc1ccc(Br)cc1C(Br)c1cccs1. The van der Waals surface area contributed by atoms with Crippen LogP contribution in [-0.4, -0.2) is 0 Å². The van der Waals surface area contributed by atoms with Crippen molar-refractivity contribution < 1.29 is 0 Å². The van der Waals surface area contributed by atoms with Gasteiger partial charge in [-0.25, -0.2) is 0 Å². The van der Waals surface area contributed by atoms with Crippen LogP contribution >= 0.6 is 54.8 Å². The van der Waals surface area contributed by atoms with E-state index in [1.807, 2.05) is 24.3 Å². The predicted octanol–water partition coefficient (Wildman–Crippen LogP) is 5.65. The van der Waals surface area contributed by atoms with Gasteiger partial charge in [0.05, 0.1) is 4.83 Å². The lowest BCUT2D eigenvalue weighted by Crippen LogP contribution is -1.90. The summed E-state index contributed by atoms with van der Waals surface area (Å²) in [5.41, 5.74) is 1.09. The maximum Gasteiger partial charge on any atom is 0.0752 e. The molecule has 0 fully saturated rings. The fraction of sp³-hybridized carbons (Fsp3) is 0.0909. The molecule has 0 radical (unpaired) electrons. The Kier molecular flexibility index (Phi) is 3.88. The van der Waals surface area contributed by atoms with Gasteiger partial charge < -0.3 is 0 Å². The molecule has 0 aliphatic carbocycles. The Labute approximate surface area is 115 Å². The molecule has 1 heterocycles. The largest absolute Gasteiger partial charge is 0.147 e. The monoisotopic (exact) mass is 364 g/mol. The fourth-order valence-electron chi connectivity index (χ4n) is 1.30. The highest BCUT2D eigenvalue weighted by Crippen LogP contribution is 2.38. The van der Waals surface area contributed by atoms with E-state index in [1.165, 1.54) is 4.88 Å². The lowest BCUT2D eigenvalue weighted by atomic mass is 10.1. The Bertz CT molecular complexity index is 454. The van der Waals surface area contributed by atoms with E-state index in [9.17, 15) is 0 Å². The Morgan fingerprint density at radius 1 is 1.27 bits per heavy atom. The molecule has 0 saturated heterocycles. The quantitative estimate of drug-likeness (QED) is 0.603. The molecular weight excluding hydrogens is 359 g/mol. The molecule has 0 aliphatic heterocycles. The van der Waals surface area contributed by atoms with Gasteiger partial charge in [0.2, 0.25) is 0 Å². The third kappa shape index (κ3) is 2.64. The summed E-state index contributed by atoms with van der Waals surface area (Å²) in [6.07, 6.45) is 0. The van der Waals surface area contributed by atoms with E-state index in [0.717, 1.165) is 15.1 Å². The van der Waals surface area contributed by atoms with Gasteiger partial charge in [-0.15, -0.1) is 11.3 Å². The summed E-state index contributed by atoms with van der Waals surface area (Å²) in [5.74, 6) is 0. The second-order valence-electron chi connectivity index (χ2n) is 3.04. The van der Waals surface area contributed by atoms with Crippen LogP contribution in [0.2, 0.25) is 5.02 Å². The molecule has 78 valence electrons. The van der Waals surface area contributed by atoms with E-state index >= 15 is 0 Å². The van der Waals surface area contributed by atoms with E-state index in [-0.39, 0.29) is 4.83 Å². The predicted molar refractivity (Wildman–Crippen MR) is 74.2 cm³/mol. The van der Waals surface area contributed by atoms with Crippen molar-refractivity contribution in [3.05, 3.63) is 55.6 Å². The molecular formula is C11H7Br2ClS. The first-order valence-corrected chi connectivity index (χ1v) is 7.27. The molecule has 2 rings (SSSR count). The highest BCUT2D eigenvalue weighted by Gasteiger charge is 2.14. The van der Waals surface area contributed by atoms with Crippen molar-refractivity contribution in [3.63, 3.8) is 0 Å². The van der Waals surface area contributed by atoms with Crippen molar-refractivity contribution in [1.82, 2.24) is 0 Å². The molecule has 0 bridgehead atoms. The van der Waals surface area contributed by atoms with Crippen molar-refractivity contribution in [2.45, 2.75) is 4.83 Å². The number of benzene rings is 1. The van der Waals surface area contributed by atoms with Crippen molar-refractivity contribution >= 4 is 54.8 Å². The van der Waals surface area contributed by atoms with Gasteiger partial charge in [0.1, 0.15) is 0 Å². The van der Waals surface area contributed by atoms with Gasteiger partial charge in [-0.2, -0.15) is 0 Å². The van der Waals surface area contributed by atoms with E-state index in [1.54, 1.807) is 11.3 Å². The number of alkyl halides is 1. The zero-order valence-electron chi connectivity index (χ0n) is 7.58. The molecule has 0 nitrogen and oxygen atoms in total. The number of hydrogen-bond donors (Lipinski definition) is 0. The molecule has 4 heteroatoms. The molecule has 1 aromatic heterocycles.